The molecular weight excluding hydrogens is 230 g/mol. The molecule has 0 aliphatic heterocycles. The van der Waals surface area contributed by atoms with E-state index in [0.29, 0.717) is 11.5 Å². The molecule has 0 heterocycles. The van der Waals surface area contributed by atoms with Gasteiger partial charge < -0.3 is 5.73 Å². The van der Waals surface area contributed by atoms with E-state index in [1.54, 1.807) is 0 Å². The number of nitrogens with two attached hydrogens (primary N) is 1. The van der Waals surface area contributed by atoms with Crippen LogP contribution >= 0.6 is 0 Å². The average molecular weight is 265 g/mol. The predicted octanol–water partition coefficient (Wildman–Crippen LogP) is 4.85. The van der Waals surface area contributed by atoms with Gasteiger partial charge in [-0.1, -0.05) is 34.6 Å². The first-order valence-electron chi connectivity index (χ1n) is 8.56. The van der Waals surface area contributed by atoms with Crippen molar-refractivity contribution in [3.05, 3.63) is 0 Å². The van der Waals surface area contributed by atoms with Crippen molar-refractivity contribution in [1.82, 2.24) is 0 Å². The van der Waals surface area contributed by atoms with Gasteiger partial charge in [0.2, 0.25) is 0 Å². The van der Waals surface area contributed by atoms with Crippen LogP contribution in [0.5, 0.6) is 0 Å². The molecule has 2 rings (SSSR count). The van der Waals surface area contributed by atoms with Crippen molar-refractivity contribution in [1.29, 1.82) is 0 Å². The van der Waals surface area contributed by atoms with E-state index in [0.717, 1.165) is 29.6 Å². The summed E-state index contributed by atoms with van der Waals surface area (Å²) in [5.74, 6) is 4.45. The fraction of sp³-hybridized carbons (Fsp3) is 1.00. The average Bonchev–Trinajstić information content (AvgIpc) is 2.35. The van der Waals surface area contributed by atoms with Crippen molar-refractivity contribution in [3.63, 3.8) is 0 Å². The maximum atomic E-state index is 6.24. The van der Waals surface area contributed by atoms with Crippen LogP contribution in [-0.4, -0.2) is 6.04 Å². The summed E-state index contributed by atoms with van der Waals surface area (Å²) in [5, 5.41) is 0. The van der Waals surface area contributed by atoms with Gasteiger partial charge >= 0.3 is 0 Å². The molecule has 0 aromatic rings. The highest BCUT2D eigenvalue weighted by atomic mass is 14.7. The lowest BCUT2D eigenvalue weighted by molar-refractivity contribution is 0.0570. The lowest BCUT2D eigenvalue weighted by Gasteiger charge is -2.45. The van der Waals surface area contributed by atoms with Crippen molar-refractivity contribution >= 4 is 0 Å². The minimum atomic E-state index is 0.456. The monoisotopic (exact) mass is 265 g/mol. The fourth-order valence-corrected chi connectivity index (χ4v) is 4.77. The maximum absolute atomic E-state index is 6.24. The first-order valence-corrected chi connectivity index (χ1v) is 8.56. The second kappa shape index (κ2) is 5.76. The lowest BCUT2D eigenvalue weighted by atomic mass is 9.61. The van der Waals surface area contributed by atoms with E-state index >= 15 is 0 Å². The molecule has 0 bridgehead atoms. The van der Waals surface area contributed by atoms with E-state index in [2.05, 4.69) is 34.6 Å². The van der Waals surface area contributed by atoms with Gasteiger partial charge in [-0.05, 0) is 73.5 Å². The molecule has 0 amide bonds. The molecule has 2 aliphatic carbocycles. The van der Waals surface area contributed by atoms with Crippen LogP contribution in [0.2, 0.25) is 0 Å². The van der Waals surface area contributed by atoms with Crippen LogP contribution in [0.25, 0.3) is 0 Å². The van der Waals surface area contributed by atoms with Gasteiger partial charge in [0.15, 0.2) is 0 Å². The van der Waals surface area contributed by atoms with Gasteiger partial charge in [0.25, 0.3) is 0 Å². The Morgan fingerprint density at radius 2 is 1.37 bits per heavy atom. The molecule has 0 saturated heterocycles. The van der Waals surface area contributed by atoms with Gasteiger partial charge in [0.1, 0.15) is 0 Å². The lowest BCUT2D eigenvalue weighted by Crippen LogP contribution is -2.43. The SMILES string of the molecule is CC1C(N)CCC(C2CCC(C(C)(C)C)CC2)C1C. The van der Waals surface area contributed by atoms with Gasteiger partial charge in [0, 0.05) is 6.04 Å². The van der Waals surface area contributed by atoms with Crippen molar-refractivity contribution in [2.45, 2.75) is 79.2 Å². The molecule has 0 radical (unpaired) electrons. The largest absolute Gasteiger partial charge is 0.327 e. The van der Waals surface area contributed by atoms with Crippen LogP contribution in [0.15, 0.2) is 0 Å². The van der Waals surface area contributed by atoms with E-state index in [1.807, 2.05) is 0 Å². The van der Waals surface area contributed by atoms with Crippen LogP contribution in [0, 0.1) is 35.0 Å². The standard InChI is InChI=1S/C18H35N/c1-12-13(2)17(19)11-10-16(12)14-6-8-15(9-7-14)18(3,4)5/h12-17H,6-11,19H2,1-5H3. The summed E-state index contributed by atoms with van der Waals surface area (Å²) in [6, 6.07) is 0.456. The van der Waals surface area contributed by atoms with Gasteiger partial charge in [-0.25, -0.2) is 0 Å². The Morgan fingerprint density at radius 3 is 1.89 bits per heavy atom. The summed E-state index contributed by atoms with van der Waals surface area (Å²) in [4.78, 5) is 0. The highest BCUT2D eigenvalue weighted by Crippen LogP contribution is 2.47. The minimum absolute atomic E-state index is 0.456. The Labute approximate surface area is 120 Å². The smallest absolute Gasteiger partial charge is 0.00672 e. The zero-order chi connectivity index (χ0) is 14.2. The summed E-state index contributed by atoms with van der Waals surface area (Å²) < 4.78 is 0. The molecule has 0 aromatic carbocycles. The van der Waals surface area contributed by atoms with Crippen molar-refractivity contribution in [2.75, 3.05) is 0 Å². The summed E-state index contributed by atoms with van der Waals surface area (Å²) in [5.41, 5.74) is 6.75. The van der Waals surface area contributed by atoms with Crippen LogP contribution in [0.4, 0.5) is 0 Å². The molecule has 4 unspecified atom stereocenters. The van der Waals surface area contributed by atoms with E-state index < -0.39 is 0 Å². The zero-order valence-corrected chi connectivity index (χ0v) is 13.8. The van der Waals surface area contributed by atoms with E-state index in [4.69, 9.17) is 5.73 Å². The number of rotatable bonds is 1. The predicted molar refractivity (Wildman–Crippen MR) is 83.9 cm³/mol. The van der Waals surface area contributed by atoms with Gasteiger partial charge in [-0.3, -0.25) is 0 Å². The van der Waals surface area contributed by atoms with Crippen LogP contribution in [-0.2, 0) is 0 Å². The third kappa shape index (κ3) is 3.35. The Balaban J connectivity index is 1.91. The molecule has 19 heavy (non-hydrogen) atoms. The minimum Gasteiger partial charge on any atom is -0.327 e. The first-order chi connectivity index (χ1) is 8.80. The number of hydrogen-bond donors (Lipinski definition) is 1. The van der Waals surface area contributed by atoms with E-state index in [1.165, 1.54) is 38.5 Å². The Hall–Kier alpha value is -0.0400. The summed E-state index contributed by atoms with van der Waals surface area (Å²) in [6.45, 7) is 12.1. The van der Waals surface area contributed by atoms with E-state index in [9.17, 15) is 0 Å². The molecule has 1 heteroatoms. The molecule has 0 aromatic heterocycles. The molecule has 0 spiro atoms. The third-order valence-electron chi connectivity index (χ3n) is 6.62. The van der Waals surface area contributed by atoms with E-state index in [-0.39, 0.29) is 0 Å². The van der Waals surface area contributed by atoms with Crippen molar-refractivity contribution < 1.29 is 0 Å². The second-order valence-corrected chi connectivity index (χ2v) is 8.60. The topological polar surface area (TPSA) is 26.0 Å². The van der Waals surface area contributed by atoms with Crippen LogP contribution in [0.1, 0.15) is 73.1 Å². The van der Waals surface area contributed by atoms with Gasteiger partial charge in [-0.2, -0.15) is 0 Å². The fourth-order valence-electron chi connectivity index (χ4n) is 4.77. The second-order valence-electron chi connectivity index (χ2n) is 8.60. The zero-order valence-electron chi connectivity index (χ0n) is 13.8. The van der Waals surface area contributed by atoms with Gasteiger partial charge in [-0.15, -0.1) is 0 Å². The van der Waals surface area contributed by atoms with Crippen molar-refractivity contribution in [2.24, 2.45) is 40.7 Å². The number of hydrogen-bond acceptors (Lipinski definition) is 1. The van der Waals surface area contributed by atoms with Crippen molar-refractivity contribution in [3.8, 4) is 0 Å². The van der Waals surface area contributed by atoms with Gasteiger partial charge in [0.05, 0.1) is 0 Å². The maximum Gasteiger partial charge on any atom is 0.00672 e. The highest BCUT2D eigenvalue weighted by Gasteiger charge is 2.39. The quantitative estimate of drug-likeness (QED) is 0.720. The summed E-state index contributed by atoms with van der Waals surface area (Å²) >= 11 is 0. The summed E-state index contributed by atoms with van der Waals surface area (Å²) in [7, 11) is 0. The summed E-state index contributed by atoms with van der Waals surface area (Å²) in [6.07, 6.45) is 8.50. The molecule has 2 saturated carbocycles. The molecule has 2 N–H and O–H groups in total. The van der Waals surface area contributed by atoms with Crippen LogP contribution < -0.4 is 5.73 Å². The highest BCUT2D eigenvalue weighted by molar-refractivity contribution is 4.91. The third-order valence-corrected chi connectivity index (χ3v) is 6.62. The Bertz CT molecular complexity index is 283. The first kappa shape index (κ1) is 15.4. The molecule has 4 atom stereocenters. The normalized spacial score (nSPS) is 45.2. The molecular formula is C18H35N. The van der Waals surface area contributed by atoms with Crippen LogP contribution in [0.3, 0.4) is 0 Å². The molecule has 2 aliphatic rings. The molecule has 112 valence electrons. The molecule has 1 nitrogen and oxygen atoms in total. The molecule has 2 fully saturated rings. The Kier molecular flexibility index (Phi) is 4.65. The Morgan fingerprint density at radius 1 is 0.789 bits per heavy atom.